The highest BCUT2D eigenvalue weighted by molar-refractivity contribution is 9.10. The second-order valence-corrected chi connectivity index (χ2v) is 13.8. The summed E-state index contributed by atoms with van der Waals surface area (Å²) >= 11 is 3.62. The predicted molar refractivity (Wildman–Crippen MR) is 213 cm³/mol. The van der Waals surface area contributed by atoms with Crippen LogP contribution in [0.2, 0.25) is 0 Å². The van der Waals surface area contributed by atoms with E-state index in [1.807, 2.05) is 75.0 Å². The number of hydrogen-bond acceptors (Lipinski definition) is 10. The van der Waals surface area contributed by atoms with Crippen LogP contribution in [-0.2, 0) is 6.54 Å². The number of nitrogens with zero attached hydrogens (tertiary/aromatic N) is 5. The zero-order valence-corrected chi connectivity index (χ0v) is 31.7. The van der Waals surface area contributed by atoms with Crippen molar-refractivity contribution in [2.45, 2.75) is 58.2 Å². The summed E-state index contributed by atoms with van der Waals surface area (Å²) in [5.41, 5.74) is 5.57. The van der Waals surface area contributed by atoms with Crippen LogP contribution in [0.25, 0.3) is 22.3 Å². The highest BCUT2D eigenvalue weighted by Crippen LogP contribution is 2.37. The first kappa shape index (κ1) is 37.2. The Bertz CT molecular complexity index is 1760. The molecule has 2 aromatic heterocycles. The number of halogens is 1. The summed E-state index contributed by atoms with van der Waals surface area (Å²) in [6.07, 6.45) is 11.9. The van der Waals surface area contributed by atoms with E-state index in [-0.39, 0.29) is 0 Å². The molecule has 0 radical (unpaired) electrons. The zero-order chi connectivity index (χ0) is 36.0. The Morgan fingerprint density at radius 2 is 1.10 bits per heavy atom. The summed E-state index contributed by atoms with van der Waals surface area (Å²) < 4.78 is 12.5. The molecule has 0 unspecified atom stereocenters. The van der Waals surface area contributed by atoms with E-state index in [0.717, 1.165) is 103 Å². The van der Waals surface area contributed by atoms with Crippen LogP contribution in [0.4, 0.5) is 11.9 Å². The third-order valence-corrected chi connectivity index (χ3v) is 9.96. The monoisotopic (exact) mass is 764 g/mol. The summed E-state index contributed by atoms with van der Waals surface area (Å²) in [5, 5.41) is 10.3. The van der Waals surface area contributed by atoms with Crippen LogP contribution in [-0.4, -0.2) is 76.3 Å². The van der Waals surface area contributed by atoms with Crippen LogP contribution in [0.15, 0.2) is 102 Å². The van der Waals surface area contributed by atoms with Crippen LogP contribution in [0.5, 0.6) is 11.5 Å². The molecule has 0 amide bonds. The van der Waals surface area contributed by atoms with Crippen LogP contribution in [0.3, 0.4) is 0 Å². The van der Waals surface area contributed by atoms with Gasteiger partial charge < -0.3 is 25.4 Å². The fourth-order valence-corrected chi connectivity index (χ4v) is 6.89. The molecule has 2 aliphatic heterocycles. The van der Waals surface area contributed by atoms with Gasteiger partial charge in [-0.15, -0.1) is 0 Å². The molecule has 2 fully saturated rings. The smallest absolute Gasteiger partial charge is 0.222 e. The Labute approximate surface area is 316 Å². The lowest BCUT2D eigenvalue weighted by Crippen LogP contribution is -2.39. The number of anilines is 2. The van der Waals surface area contributed by atoms with Crippen molar-refractivity contribution >= 4 is 27.8 Å². The molecule has 2 aliphatic rings. The topological polar surface area (TPSA) is 109 Å². The van der Waals surface area contributed by atoms with Crippen molar-refractivity contribution in [1.29, 1.82) is 0 Å². The van der Waals surface area contributed by atoms with E-state index in [1.54, 1.807) is 0 Å². The van der Waals surface area contributed by atoms with Gasteiger partial charge in [-0.1, -0.05) is 60.7 Å². The van der Waals surface area contributed by atoms with Crippen molar-refractivity contribution in [1.82, 2.24) is 30.2 Å². The summed E-state index contributed by atoms with van der Waals surface area (Å²) in [7, 11) is 0. The van der Waals surface area contributed by atoms with Crippen molar-refractivity contribution < 1.29 is 9.47 Å². The van der Waals surface area contributed by atoms with Crippen molar-refractivity contribution in [3.05, 3.63) is 108 Å². The molecule has 11 heteroatoms. The van der Waals surface area contributed by atoms with Gasteiger partial charge >= 0.3 is 0 Å². The van der Waals surface area contributed by atoms with Gasteiger partial charge in [0.2, 0.25) is 11.9 Å². The molecule has 3 aromatic carbocycles. The largest absolute Gasteiger partial charge is 0.493 e. The summed E-state index contributed by atoms with van der Waals surface area (Å²) in [4.78, 5) is 20.4. The summed E-state index contributed by atoms with van der Waals surface area (Å²) in [6, 6.07) is 25.5. The standard InChI is InChI=1S/C26H31BrN4O2.C15H18N4/c1-3-32-23-14-19(15-24(25(23)27)33-4-2)18-31-12-10-22(11-13-31)30-26-28-16-21(17-29-26)20-8-6-5-7-9-20;1-2-4-12(5-3-1)13-10-17-15(18-11-13)19-14-6-8-16-9-7-14/h5-9,14-17,22H,3-4,10-13,18H2,1-2H3,(H,28,29,30);1-5,10-11,14,16H,6-9H2,(H,17,18,19). The van der Waals surface area contributed by atoms with Crippen LogP contribution in [0.1, 0.15) is 45.1 Å². The molecule has 0 atom stereocenters. The molecule has 7 rings (SSSR count). The van der Waals surface area contributed by atoms with E-state index in [0.29, 0.717) is 31.2 Å². The van der Waals surface area contributed by atoms with Gasteiger partial charge in [0, 0.05) is 67.6 Å². The fourth-order valence-electron chi connectivity index (χ4n) is 6.43. The highest BCUT2D eigenvalue weighted by atomic mass is 79.9. The number of hydrogen-bond donors (Lipinski definition) is 3. The number of ether oxygens (including phenoxy) is 2. The SMILES string of the molecule is CCOc1cc(CN2CCC(Nc3ncc(-c4ccccc4)cn3)CC2)cc(OCC)c1Br.c1ccc(-c2cnc(NC3CCNCC3)nc2)cc1. The second kappa shape index (κ2) is 19.3. The minimum absolute atomic E-state index is 0.381. The van der Waals surface area contributed by atoms with Crippen molar-refractivity contribution in [2.75, 3.05) is 50.0 Å². The molecule has 3 N–H and O–H groups in total. The van der Waals surface area contributed by atoms with E-state index < -0.39 is 0 Å². The lowest BCUT2D eigenvalue weighted by Gasteiger charge is -2.32. The van der Waals surface area contributed by atoms with E-state index in [9.17, 15) is 0 Å². The lowest BCUT2D eigenvalue weighted by atomic mass is 10.0. The number of rotatable bonds is 12. The van der Waals surface area contributed by atoms with Gasteiger partial charge in [-0.25, -0.2) is 19.9 Å². The number of piperidine rings is 2. The molecule has 10 nitrogen and oxygen atoms in total. The maximum Gasteiger partial charge on any atom is 0.222 e. The van der Waals surface area contributed by atoms with E-state index in [4.69, 9.17) is 9.47 Å². The van der Waals surface area contributed by atoms with Gasteiger partial charge in [0.25, 0.3) is 0 Å². The molecule has 0 bridgehead atoms. The zero-order valence-electron chi connectivity index (χ0n) is 30.1. The quantitative estimate of drug-likeness (QED) is 0.115. The maximum absolute atomic E-state index is 5.80. The Balaban J connectivity index is 0.000000206. The van der Waals surface area contributed by atoms with Crippen LogP contribution < -0.4 is 25.4 Å². The molecule has 0 spiro atoms. The predicted octanol–water partition coefficient (Wildman–Crippen LogP) is 8.09. The van der Waals surface area contributed by atoms with Crippen LogP contribution >= 0.6 is 15.9 Å². The molecule has 52 heavy (non-hydrogen) atoms. The first-order valence-corrected chi connectivity index (χ1v) is 19.2. The highest BCUT2D eigenvalue weighted by Gasteiger charge is 2.21. The molecular formula is C41H49BrN8O2. The first-order chi connectivity index (χ1) is 25.6. The summed E-state index contributed by atoms with van der Waals surface area (Å²) in [6.45, 7) is 10.3. The Hall–Kier alpha value is -4.58. The number of aromatic nitrogens is 4. The first-order valence-electron chi connectivity index (χ1n) is 18.4. The van der Waals surface area contributed by atoms with Gasteiger partial charge in [-0.2, -0.15) is 0 Å². The number of nitrogens with one attached hydrogen (secondary N) is 3. The molecule has 0 saturated carbocycles. The fraction of sp³-hybridized carbons (Fsp3) is 0.366. The number of likely N-dealkylation sites (tertiary alicyclic amines) is 1. The van der Waals surface area contributed by atoms with Gasteiger partial charge in [0.15, 0.2) is 0 Å². The van der Waals surface area contributed by atoms with Crippen LogP contribution in [0, 0.1) is 0 Å². The average Bonchev–Trinajstić information content (AvgIpc) is 3.19. The molecule has 4 heterocycles. The molecule has 2 saturated heterocycles. The van der Waals surface area contributed by atoms with Gasteiger partial charge in [0.1, 0.15) is 16.0 Å². The van der Waals surface area contributed by atoms with E-state index in [1.165, 1.54) is 5.56 Å². The van der Waals surface area contributed by atoms with Gasteiger partial charge in [0.05, 0.1) is 13.2 Å². The molecule has 5 aromatic rings. The van der Waals surface area contributed by atoms with Gasteiger partial charge in [-0.3, -0.25) is 4.90 Å². The average molecular weight is 766 g/mol. The minimum atomic E-state index is 0.381. The summed E-state index contributed by atoms with van der Waals surface area (Å²) in [5.74, 6) is 3.10. The minimum Gasteiger partial charge on any atom is -0.493 e. The van der Waals surface area contributed by atoms with Crippen molar-refractivity contribution in [3.63, 3.8) is 0 Å². The second-order valence-electron chi connectivity index (χ2n) is 13.0. The normalized spacial score (nSPS) is 15.3. The number of benzene rings is 3. The Morgan fingerprint density at radius 3 is 1.54 bits per heavy atom. The van der Waals surface area contributed by atoms with Crippen molar-refractivity contribution in [2.24, 2.45) is 0 Å². The molecule has 272 valence electrons. The third-order valence-electron chi connectivity index (χ3n) is 9.18. The van der Waals surface area contributed by atoms with Crippen molar-refractivity contribution in [3.8, 4) is 33.8 Å². The van der Waals surface area contributed by atoms with E-state index in [2.05, 4.69) is 93.1 Å². The molecule has 0 aliphatic carbocycles. The lowest BCUT2D eigenvalue weighted by molar-refractivity contribution is 0.210. The Morgan fingerprint density at radius 1 is 0.654 bits per heavy atom. The Kier molecular flexibility index (Phi) is 13.8. The third kappa shape index (κ3) is 10.7. The molecular weight excluding hydrogens is 716 g/mol. The van der Waals surface area contributed by atoms with E-state index >= 15 is 0 Å². The maximum atomic E-state index is 5.80. The van der Waals surface area contributed by atoms with Gasteiger partial charge in [-0.05, 0) is 97.4 Å².